The van der Waals surface area contributed by atoms with E-state index >= 15 is 0 Å². The number of fused-ring (bicyclic) bond motifs is 1. The second-order valence-electron chi connectivity index (χ2n) is 4.69. The Balaban J connectivity index is 1.64. The number of carbonyl (C=O) groups excluding carboxylic acids is 1. The Morgan fingerprint density at radius 2 is 2.23 bits per heavy atom. The Morgan fingerprint density at radius 3 is 3.09 bits per heavy atom. The van der Waals surface area contributed by atoms with Crippen LogP contribution in [0.15, 0.2) is 48.7 Å². The first kappa shape index (κ1) is 14.3. The van der Waals surface area contributed by atoms with Crippen LogP contribution in [-0.2, 0) is 11.3 Å². The third-order valence-corrected chi connectivity index (χ3v) is 3.35. The van der Waals surface area contributed by atoms with Gasteiger partial charge in [-0.25, -0.2) is 4.98 Å². The number of carbonyl (C=O) groups is 1. The lowest BCUT2D eigenvalue weighted by Crippen LogP contribution is -2.20. The minimum Gasteiger partial charge on any atom is -0.348 e. The summed E-state index contributed by atoms with van der Waals surface area (Å²) in [5, 5.41) is 11.2. The number of H-pyrrole nitrogens is 1. The van der Waals surface area contributed by atoms with Gasteiger partial charge in [-0.1, -0.05) is 23.7 Å². The number of amides is 1. The van der Waals surface area contributed by atoms with Crippen molar-refractivity contribution in [2.75, 3.05) is 0 Å². The van der Waals surface area contributed by atoms with Crippen molar-refractivity contribution in [2.24, 2.45) is 0 Å². The first-order valence-electron chi connectivity index (χ1n) is 6.72. The highest BCUT2D eigenvalue weighted by Crippen LogP contribution is 2.14. The maximum Gasteiger partial charge on any atom is 0.244 e. The largest absolute Gasteiger partial charge is 0.348 e. The van der Waals surface area contributed by atoms with E-state index in [-0.39, 0.29) is 5.91 Å². The summed E-state index contributed by atoms with van der Waals surface area (Å²) in [6.07, 6.45) is 4.82. The molecule has 110 valence electrons. The molecule has 0 spiro atoms. The van der Waals surface area contributed by atoms with Gasteiger partial charge in [0.15, 0.2) is 5.65 Å². The molecule has 0 fully saturated rings. The van der Waals surface area contributed by atoms with E-state index in [0.29, 0.717) is 17.2 Å². The molecule has 0 radical (unpaired) electrons. The molecule has 0 bridgehead atoms. The molecular formula is C16H13ClN4O. The summed E-state index contributed by atoms with van der Waals surface area (Å²) < 4.78 is 0. The zero-order chi connectivity index (χ0) is 15.4. The number of hydrogen-bond acceptors (Lipinski definition) is 3. The van der Waals surface area contributed by atoms with Crippen molar-refractivity contribution < 1.29 is 4.79 Å². The molecule has 0 aliphatic heterocycles. The van der Waals surface area contributed by atoms with E-state index in [1.165, 1.54) is 6.08 Å². The number of rotatable bonds is 4. The fourth-order valence-corrected chi connectivity index (χ4v) is 2.26. The molecule has 2 aromatic heterocycles. The lowest BCUT2D eigenvalue weighted by molar-refractivity contribution is -0.116. The van der Waals surface area contributed by atoms with E-state index in [2.05, 4.69) is 20.5 Å². The van der Waals surface area contributed by atoms with Gasteiger partial charge >= 0.3 is 0 Å². The standard InChI is InChI=1S/C16H13ClN4O/c17-12-4-1-3-11(9-12)10-19-15(22)7-6-14-13-5-2-8-18-16(13)21-20-14/h1-9H,10H2,(H,19,22)(H,18,20,21)/b7-6+. The number of hydrogen-bond donors (Lipinski definition) is 2. The van der Waals surface area contributed by atoms with Crippen LogP contribution in [0, 0.1) is 0 Å². The van der Waals surface area contributed by atoms with Gasteiger partial charge in [0.25, 0.3) is 0 Å². The Morgan fingerprint density at radius 1 is 1.32 bits per heavy atom. The predicted molar refractivity (Wildman–Crippen MR) is 86.2 cm³/mol. The molecule has 0 aliphatic carbocycles. The van der Waals surface area contributed by atoms with Crippen LogP contribution >= 0.6 is 11.6 Å². The lowest BCUT2D eigenvalue weighted by atomic mass is 10.2. The number of halogens is 1. The summed E-state index contributed by atoms with van der Waals surface area (Å²) in [6, 6.07) is 11.1. The van der Waals surface area contributed by atoms with Crippen LogP contribution in [0.3, 0.4) is 0 Å². The van der Waals surface area contributed by atoms with E-state index in [1.54, 1.807) is 18.3 Å². The van der Waals surface area contributed by atoms with Crippen LogP contribution in [0.2, 0.25) is 5.02 Å². The number of nitrogens with zero attached hydrogens (tertiary/aromatic N) is 2. The zero-order valence-corrected chi connectivity index (χ0v) is 12.3. The van der Waals surface area contributed by atoms with Gasteiger partial charge < -0.3 is 5.32 Å². The minimum atomic E-state index is -0.188. The van der Waals surface area contributed by atoms with Crippen LogP contribution in [0.5, 0.6) is 0 Å². The normalized spacial score (nSPS) is 11.1. The maximum absolute atomic E-state index is 11.9. The molecule has 1 amide bonds. The van der Waals surface area contributed by atoms with Crippen molar-refractivity contribution in [3.63, 3.8) is 0 Å². The highest BCUT2D eigenvalue weighted by molar-refractivity contribution is 6.30. The molecule has 1 aromatic carbocycles. The summed E-state index contributed by atoms with van der Waals surface area (Å²) in [5.41, 5.74) is 2.33. The van der Waals surface area contributed by atoms with Crippen molar-refractivity contribution in [1.82, 2.24) is 20.5 Å². The summed E-state index contributed by atoms with van der Waals surface area (Å²) >= 11 is 5.90. The van der Waals surface area contributed by atoms with Gasteiger partial charge in [-0.05, 0) is 35.9 Å². The molecular weight excluding hydrogens is 300 g/mol. The summed E-state index contributed by atoms with van der Waals surface area (Å²) in [6.45, 7) is 0.426. The number of benzene rings is 1. The van der Waals surface area contributed by atoms with Gasteiger partial charge in [-0.15, -0.1) is 0 Å². The second-order valence-corrected chi connectivity index (χ2v) is 5.13. The third kappa shape index (κ3) is 3.32. The first-order chi connectivity index (χ1) is 10.7. The molecule has 2 N–H and O–H groups in total. The van der Waals surface area contributed by atoms with E-state index in [0.717, 1.165) is 16.6 Å². The summed E-state index contributed by atoms with van der Waals surface area (Å²) in [7, 11) is 0. The van der Waals surface area contributed by atoms with E-state index < -0.39 is 0 Å². The second kappa shape index (κ2) is 6.41. The highest BCUT2D eigenvalue weighted by atomic mass is 35.5. The molecule has 6 heteroatoms. The van der Waals surface area contributed by atoms with Crippen LogP contribution in [0.1, 0.15) is 11.3 Å². The Labute approximate surface area is 132 Å². The van der Waals surface area contributed by atoms with Crippen LogP contribution in [-0.4, -0.2) is 21.1 Å². The SMILES string of the molecule is O=C(/C=C/c1[nH]nc2ncccc12)NCc1cccc(Cl)c1. The molecule has 0 aliphatic rings. The number of aromatic nitrogens is 3. The van der Waals surface area contributed by atoms with E-state index in [1.807, 2.05) is 30.3 Å². The van der Waals surface area contributed by atoms with Crippen molar-refractivity contribution >= 4 is 34.6 Å². The first-order valence-corrected chi connectivity index (χ1v) is 7.09. The quantitative estimate of drug-likeness (QED) is 0.728. The molecule has 0 atom stereocenters. The smallest absolute Gasteiger partial charge is 0.244 e. The van der Waals surface area contributed by atoms with Crippen molar-refractivity contribution in [3.05, 3.63) is 65.0 Å². The van der Waals surface area contributed by atoms with Gasteiger partial charge in [0.1, 0.15) is 0 Å². The molecule has 5 nitrogen and oxygen atoms in total. The monoisotopic (exact) mass is 312 g/mol. The minimum absolute atomic E-state index is 0.188. The maximum atomic E-state index is 11.9. The molecule has 3 rings (SSSR count). The predicted octanol–water partition coefficient (Wildman–Crippen LogP) is 2.94. The van der Waals surface area contributed by atoms with Crippen LogP contribution in [0.4, 0.5) is 0 Å². The molecule has 0 saturated carbocycles. The number of pyridine rings is 1. The zero-order valence-electron chi connectivity index (χ0n) is 11.6. The van der Waals surface area contributed by atoms with Crippen molar-refractivity contribution in [2.45, 2.75) is 6.54 Å². The average molecular weight is 313 g/mol. The summed E-state index contributed by atoms with van der Waals surface area (Å²) in [5.74, 6) is -0.188. The molecule has 2 heterocycles. The lowest BCUT2D eigenvalue weighted by Gasteiger charge is -2.02. The Kier molecular flexibility index (Phi) is 4.16. The topological polar surface area (TPSA) is 70.7 Å². The molecule has 0 unspecified atom stereocenters. The third-order valence-electron chi connectivity index (χ3n) is 3.12. The fourth-order valence-electron chi connectivity index (χ4n) is 2.05. The van der Waals surface area contributed by atoms with Gasteiger partial charge in [0, 0.05) is 29.2 Å². The molecule has 0 saturated heterocycles. The van der Waals surface area contributed by atoms with Crippen LogP contribution < -0.4 is 5.32 Å². The van der Waals surface area contributed by atoms with Gasteiger partial charge in [-0.3, -0.25) is 9.89 Å². The number of aromatic amines is 1. The Hall–Kier alpha value is -2.66. The average Bonchev–Trinajstić information content (AvgIpc) is 2.94. The fraction of sp³-hybridized carbons (Fsp3) is 0.0625. The van der Waals surface area contributed by atoms with Gasteiger partial charge in [0.05, 0.1) is 5.69 Å². The highest BCUT2D eigenvalue weighted by Gasteiger charge is 2.03. The number of nitrogens with one attached hydrogen (secondary N) is 2. The Bertz CT molecular complexity index is 841. The van der Waals surface area contributed by atoms with Gasteiger partial charge in [-0.2, -0.15) is 5.10 Å². The van der Waals surface area contributed by atoms with Crippen molar-refractivity contribution in [1.29, 1.82) is 0 Å². The van der Waals surface area contributed by atoms with Crippen molar-refractivity contribution in [3.8, 4) is 0 Å². The van der Waals surface area contributed by atoms with E-state index in [4.69, 9.17) is 11.6 Å². The summed E-state index contributed by atoms with van der Waals surface area (Å²) in [4.78, 5) is 16.0. The molecule has 3 aromatic rings. The van der Waals surface area contributed by atoms with Gasteiger partial charge in [0.2, 0.25) is 5.91 Å². The van der Waals surface area contributed by atoms with Crippen LogP contribution in [0.25, 0.3) is 17.1 Å². The van der Waals surface area contributed by atoms with E-state index in [9.17, 15) is 4.79 Å². The molecule has 22 heavy (non-hydrogen) atoms.